The highest BCUT2D eigenvalue weighted by Gasteiger charge is 2.21. The first-order chi connectivity index (χ1) is 13.2. The van der Waals surface area contributed by atoms with Gasteiger partial charge < -0.3 is 20.3 Å². The van der Waals surface area contributed by atoms with Crippen molar-refractivity contribution in [3.8, 4) is 5.75 Å². The Balaban J connectivity index is 1.24. The lowest BCUT2D eigenvalue weighted by atomic mass is 10.1. The van der Waals surface area contributed by atoms with E-state index in [1.165, 1.54) is 10.6 Å². The number of aromatic nitrogens is 1. The minimum atomic E-state index is 0.308. The lowest BCUT2D eigenvalue weighted by Gasteiger charge is -2.34. The number of nitrogens with zero attached hydrogens (tertiary/aromatic N) is 4. The Morgan fingerprint density at radius 2 is 1.78 bits per heavy atom. The number of thiazole rings is 1. The predicted molar refractivity (Wildman–Crippen MR) is 112 cm³/mol. The van der Waals surface area contributed by atoms with Crippen LogP contribution in [0.3, 0.4) is 0 Å². The smallest absolute Gasteiger partial charge is 0.180 e. The average Bonchev–Trinajstić information content (AvgIpc) is 3.09. The summed E-state index contributed by atoms with van der Waals surface area (Å²) in [5.74, 6) is 0.988. The number of rotatable bonds is 5. The summed E-state index contributed by atoms with van der Waals surface area (Å²) in [6.07, 6.45) is 4.33. The molecule has 1 aromatic carbocycles. The number of nitrogen functional groups attached to an aromatic ring is 1. The van der Waals surface area contributed by atoms with Gasteiger partial charge in [0.25, 0.3) is 0 Å². The third-order valence-corrected chi connectivity index (χ3v) is 6.30. The van der Waals surface area contributed by atoms with Gasteiger partial charge in [-0.25, -0.2) is 4.98 Å². The average molecular weight is 388 g/mol. The molecular weight excluding hydrogens is 358 g/mol. The second kappa shape index (κ2) is 8.46. The van der Waals surface area contributed by atoms with Gasteiger partial charge in [0.05, 0.1) is 0 Å². The molecule has 146 valence electrons. The zero-order valence-electron chi connectivity index (χ0n) is 16.0. The molecule has 0 atom stereocenters. The van der Waals surface area contributed by atoms with Crippen LogP contribution in [0.4, 0.5) is 10.8 Å². The predicted octanol–water partition coefficient (Wildman–Crippen LogP) is 2.52. The quantitative estimate of drug-likeness (QED) is 0.851. The zero-order valence-corrected chi connectivity index (χ0v) is 16.8. The van der Waals surface area contributed by atoms with E-state index in [2.05, 4.69) is 51.0 Å². The van der Waals surface area contributed by atoms with Crippen molar-refractivity contribution >= 4 is 22.2 Å². The van der Waals surface area contributed by atoms with Gasteiger partial charge in [-0.2, -0.15) is 0 Å². The molecule has 2 N–H and O–H groups in total. The van der Waals surface area contributed by atoms with Gasteiger partial charge >= 0.3 is 0 Å². The highest BCUT2D eigenvalue weighted by Crippen LogP contribution is 2.25. The Bertz CT molecular complexity index is 718. The molecule has 2 saturated heterocycles. The van der Waals surface area contributed by atoms with E-state index in [0.29, 0.717) is 11.2 Å². The standard InChI is InChI=1S/C20H29N5OS/c1-23-10-12-25(13-11-23)16-2-4-17(5-3-16)26-18-6-8-24(9-7-18)15-19-14-22-20(21)27-19/h2-5,14,18H,6-13,15H2,1H3,(H2,21,22). The Kier molecular flexibility index (Phi) is 5.80. The molecule has 3 heterocycles. The molecule has 0 spiro atoms. The van der Waals surface area contributed by atoms with E-state index in [4.69, 9.17) is 10.5 Å². The highest BCUT2D eigenvalue weighted by molar-refractivity contribution is 7.15. The van der Waals surface area contributed by atoms with Crippen molar-refractivity contribution < 1.29 is 4.74 Å². The molecule has 0 bridgehead atoms. The Hall–Kier alpha value is -1.83. The fraction of sp³-hybridized carbons (Fsp3) is 0.550. The van der Waals surface area contributed by atoms with Crippen molar-refractivity contribution in [1.82, 2.24) is 14.8 Å². The van der Waals surface area contributed by atoms with Gasteiger partial charge in [-0.05, 0) is 44.2 Å². The summed E-state index contributed by atoms with van der Waals surface area (Å²) in [6.45, 7) is 7.52. The number of likely N-dealkylation sites (tertiary alicyclic amines) is 1. The van der Waals surface area contributed by atoms with Crippen molar-refractivity contribution in [2.75, 3.05) is 56.9 Å². The van der Waals surface area contributed by atoms with Crippen molar-refractivity contribution in [3.05, 3.63) is 35.3 Å². The highest BCUT2D eigenvalue weighted by atomic mass is 32.1. The van der Waals surface area contributed by atoms with Crippen LogP contribution in [0.2, 0.25) is 0 Å². The topological polar surface area (TPSA) is 57.9 Å². The SMILES string of the molecule is CN1CCN(c2ccc(OC3CCN(Cc4cnc(N)s4)CC3)cc2)CC1. The summed E-state index contributed by atoms with van der Waals surface area (Å²) in [7, 11) is 2.19. The second-order valence-corrected chi connectivity index (χ2v) is 8.69. The van der Waals surface area contributed by atoms with Gasteiger partial charge in [-0.3, -0.25) is 4.90 Å². The fourth-order valence-corrected chi connectivity index (χ4v) is 4.52. The third-order valence-electron chi connectivity index (χ3n) is 5.49. The van der Waals surface area contributed by atoms with E-state index >= 15 is 0 Å². The summed E-state index contributed by atoms with van der Waals surface area (Å²) < 4.78 is 6.23. The fourth-order valence-electron chi connectivity index (χ4n) is 3.79. The van der Waals surface area contributed by atoms with Crippen LogP contribution in [-0.2, 0) is 6.54 Å². The van der Waals surface area contributed by atoms with Gasteiger partial charge in [-0.1, -0.05) is 0 Å². The molecule has 0 amide bonds. The summed E-state index contributed by atoms with van der Waals surface area (Å²) in [5, 5.41) is 0.656. The second-order valence-electron chi connectivity index (χ2n) is 7.54. The molecule has 4 rings (SSSR count). The number of hydrogen-bond donors (Lipinski definition) is 1. The van der Waals surface area contributed by atoms with Gasteiger partial charge in [-0.15, -0.1) is 11.3 Å². The first-order valence-electron chi connectivity index (χ1n) is 9.78. The van der Waals surface area contributed by atoms with Crippen LogP contribution in [0.25, 0.3) is 0 Å². The van der Waals surface area contributed by atoms with Gasteiger partial charge in [0, 0.05) is 62.6 Å². The van der Waals surface area contributed by atoms with Crippen molar-refractivity contribution in [2.45, 2.75) is 25.5 Å². The first kappa shape index (κ1) is 18.5. The van der Waals surface area contributed by atoms with E-state index in [-0.39, 0.29) is 0 Å². The molecule has 2 aliphatic heterocycles. The minimum Gasteiger partial charge on any atom is -0.490 e. The van der Waals surface area contributed by atoms with Crippen molar-refractivity contribution in [2.24, 2.45) is 0 Å². The van der Waals surface area contributed by atoms with Crippen LogP contribution in [0.1, 0.15) is 17.7 Å². The molecule has 0 aliphatic carbocycles. The number of piperazine rings is 1. The number of ether oxygens (including phenoxy) is 1. The van der Waals surface area contributed by atoms with Gasteiger partial charge in [0.2, 0.25) is 0 Å². The number of likely N-dealkylation sites (N-methyl/N-ethyl adjacent to an activating group) is 1. The Labute approximate surface area is 165 Å². The maximum Gasteiger partial charge on any atom is 0.180 e. The largest absolute Gasteiger partial charge is 0.490 e. The molecule has 0 radical (unpaired) electrons. The monoisotopic (exact) mass is 387 g/mol. The van der Waals surface area contributed by atoms with E-state index < -0.39 is 0 Å². The number of piperidine rings is 1. The van der Waals surface area contributed by atoms with E-state index in [1.807, 2.05) is 6.20 Å². The van der Waals surface area contributed by atoms with Crippen LogP contribution in [0.5, 0.6) is 5.75 Å². The summed E-state index contributed by atoms with van der Waals surface area (Å²) in [6, 6.07) is 8.65. The summed E-state index contributed by atoms with van der Waals surface area (Å²) in [4.78, 5) is 12.7. The number of nitrogens with two attached hydrogens (primary N) is 1. The molecule has 27 heavy (non-hydrogen) atoms. The first-order valence-corrected chi connectivity index (χ1v) is 10.6. The Morgan fingerprint density at radius 1 is 1.07 bits per heavy atom. The van der Waals surface area contributed by atoms with E-state index in [1.54, 1.807) is 11.3 Å². The minimum absolute atomic E-state index is 0.308. The molecule has 6 nitrogen and oxygen atoms in total. The number of anilines is 2. The lowest BCUT2D eigenvalue weighted by Crippen LogP contribution is -2.44. The van der Waals surface area contributed by atoms with Gasteiger partial charge in [0.15, 0.2) is 5.13 Å². The molecule has 0 saturated carbocycles. The molecule has 7 heteroatoms. The summed E-state index contributed by atoms with van der Waals surface area (Å²) in [5.41, 5.74) is 7.02. The normalized spacial score (nSPS) is 20.1. The van der Waals surface area contributed by atoms with Crippen LogP contribution in [0, 0.1) is 0 Å². The van der Waals surface area contributed by atoms with Crippen LogP contribution in [-0.4, -0.2) is 67.2 Å². The van der Waals surface area contributed by atoms with E-state index in [0.717, 1.165) is 64.4 Å². The number of benzene rings is 1. The maximum atomic E-state index is 6.23. The van der Waals surface area contributed by atoms with Gasteiger partial charge in [0.1, 0.15) is 11.9 Å². The van der Waals surface area contributed by atoms with Crippen LogP contribution < -0.4 is 15.4 Å². The van der Waals surface area contributed by atoms with Crippen LogP contribution >= 0.6 is 11.3 Å². The molecular formula is C20H29N5OS. The third kappa shape index (κ3) is 4.91. The van der Waals surface area contributed by atoms with Crippen LogP contribution in [0.15, 0.2) is 30.5 Å². The zero-order chi connectivity index (χ0) is 18.6. The number of hydrogen-bond acceptors (Lipinski definition) is 7. The molecule has 2 aromatic rings. The molecule has 2 fully saturated rings. The molecule has 2 aliphatic rings. The molecule has 1 aromatic heterocycles. The molecule has 0 unspecified atom stereocenters. The lowest BCUT2D eigenvalue weighted by molar-refractivity contribution is 0.0973. The van der Waals surface area contributed by atoms with Crippen molar-refractivity contribution in [1.29, 1.82) is 0 Å². The van der Waals surface area contributed by atoms with E-state index in [9.17, 15) is 0 Å². The Morgan fingerprint density at radius 3 is 2.41 bits per heavy atom. The van der Waals surface area contributed by atoms with Crippen molar-refractivity contribution in [3.63, 3.8) is 0 Å². The maximum absolute atomic E-state index is 6.23. The summed E-state index contributed by atoms with van der Waals surface area (Å²) >= 11 is 1.59.